The lowest BCUT2D eigenvalue weighted by atomic mass is 9.59. The van der Waals surface area contributed by atoms with E-state index >= 15 is 0 Å². The zero-order valence-electron chi connectivity index (χ0n) is 34.2. The molecular weight excluding hydrogens is 752 g/mol. The molecule has 0 saturated heterocycles. The Morgan fingerprint density at radius 1 is 1.00 bits per heavy atom. The molecule has 308 valence electrons. The fourth-order valence-electron chi connectivity index (χ4n) is 10.0. The summed E-state index contributed by atoms with van der Waals surface area (Å²) in [5.41, 5.74) is 6.04. The maximum Gasteiger partial charge on any atom is 0.331 e. The molecule has 1 fully saturated rings. The number of rotatable bonds is 14. The molecule has 1 saturated carbocycles. The standard InChI is InChI=1S/C48H57ClN2O7/c1-32(30-57-43-15-22-50-42-10-5-4-9-40(42)43)25-35-26-34-27-45-44(56-24-17-39(58-45)16-23-55-31-33-11-13-38(53-2)14-12-33)29-41(34)47(35)18-20-48(21-19-47,46(52)54-3)51-37-8-6-7-36(49)28-37/h6-8,11-15,22,27-29,32,35,39,51H,4-5,9-10,16-21,23-26,30-31H2,1-3H3/t32-,35?,39?,47?,48?/m1/s1. The highest BCUT2D eigenvalue weighted by Gasteiger charge is 2.55. The molecule has 8 rings (SSSR count). The van der Waals surface area contributed by atoms with Crippen LogP contribution in [0.3, 0.4) is 0 Å². The van der Waals surface area contributed by atoms with Gasteiger partial charge in [-0.15, -0.1) is 0 Å². The number of hydrogen-bond acceptors (Lipinski definition) is 9. The van der Waals surface area contributed by atoms with E-state index in [1.54, 1.807) is 7.11 Å². The molecular formula is C48H57ClN2O7. The van der Waals surface area contributed by atoms with Crippen LogP contribution in [0.2, 0.25) is 5.02 Å². The van der Waals surface area contributed by atoms with Crippen molar-refractivity contribution >= 4 is 23.3 Å². The van der Waals surface area contributed by atoms with Crippen LogP contribution < -0.4 is 24.3 Å². The summed E-state index contributed by atoms with van der Waals surface area (Å²) in [6.45, 7) is 4.67. The highest BCUT2D eigenvalue weighted by atomic mass is 35.5. The lowest BCUT2D eigenvalue weighted by Crippen LogP contribution is -2.53. The molecule has 1 spiro atoms. The molecule has 0 bridgehead atoms. The van der Waals surface area contributed by atoms with Gasteiger partial charge in [-0.05, 0) is 147 Å². The Morgan fingerprint density at radius 3 is 2.62 bits per heavy atom. The second-order valence-electron chi connectivity index (χ2n) is 16.9. The predicted octanol–water partition coefficient (Wildman–Crippen LogP) is 9.87. The van der Waals surface area contributed by atoms with Gasteiger partial charge in [0.25, 0.3) is 0 Å². The quantitative estimate of drug-likeness (QED) is 0.0987. The van der Waals surface area contributed by atoms with Crippen molar-refractivity contribution in [2.45, 2.75) is 108 Å². The van der Waals surface area contributed by atoms with Gasteiger partial charge in [0.1, 0.15) is 23.1 Å². The highest BCUT2D eigenvalue weighted by Crippen LogP contribution is 2.58. The predicted molar refractivity (Wildman–Crippen MR) is 226 cm³/mol. The van der Waals surface area contributed by atoms with Gasteiger partial charge in [0.2, 0.25) is 0 Å². The van der Waals surface area contributed by atoms with Crippen LogP contribution in [-0.4, -0.2) is 56.6 Å². The molecule has 1 N–H and O–H groups in total. The summed E-state index contributed by atoms with van der Waals surface area (Å²) in [6.07, 6.45) is 12.7. The minimum absolute atomic E-state index is 0.00894. The number of halogens is 1. The molecule has 3 atom stereocenters. The first-order chi connectivity index (χ1) is 28.3. The molecule has 0 amide bonds. The third-order valence-corrected chi connectivity index (χ3v) is 13.4. The second kappa shape index (κ2) is 17.8. The lowest BCUT2D eigenvalue weighted by Gasteiger charge is -2.47. The van der Waals surface area contributed by atoms with Crippen molar-refractivity contribution in [1.82, 2.24) is 4.98 Å². The second-order valence-corrected chi connectivity index (χ2v) is 17.3. The molecule has 4 aliphatic rings. The molecule has 4 aromatic rings. The van der Waals surface area contributed by atoms with Crippen molar-refractivity contribution in [2.75, 3.05) is 39.4 Å². The number of nitrogens with zero attached hydrogens (tertiary/aromatic N) is 1. The number of aromatic nitrogens is 1. The molecule has 9 nitrogen and oxygen atoms in total. The van der Waals surface area contributed by atoms with Crippen molar-refractivity contribution in [3.05, 3.63) is 106 Å². The summed E-state index contributed by atoms with van der Waals surface area (Å²) in [4.78, 5) is 18.3. The first-order valence-corrected chi connectivity index (χ1v) is 21.5. The van der Waals surface area contributed by atoms with Crippen LogP contribution in [0.1, 0.15) is 92.7 Å². The topological polar surface area (TPSA) is 97.4 Å². The Labute approximate surface area is 348 Å². The van der Waals surface area contributed by atoms with Crippen LogP contribution in [0.4, 0.5) is 5.69 Å². The Morgan fingerprint density at radius 2 is 1.83 bits per heavy atom. The molecule has 1 aliphatic heterocycles. The van der Waals surface area contributed by atoms with E-state index in [0.29, 0.717) is 56.1 Å². The van der Waals surface area contributed by atoms with Crippen LogP contribution >= 0.6 is 11.6 Å². The van der Waals surface area contributed by atoms with Gasteiger partial charge in [-0.2, -0.15) is 0 Å². The van der Waals surface area contributed by atoms with Gasteiger partial charge in [-0.25, -0.2) is 4.79 Å². The first-order valence-electron chi connectivity index (χ1n) is 21.2. The third-order valence-electron chi connectivity index (χ3n) is 13.1. The highest BCUT2D eigenvalue weighted by molar-refractivity contribution is 6.30. The van der Waals surface area contributed by atoms with Crippen LogP contribution in [0.5, 0.6) is 23.0 Å². The monoisotopic (exact) mass is 808 g/mol. The Kier molecular flexibility index (Phi) is 12.4. The summed E-state index contributed by atoms with van der Waals surface area (Å²) in [5, 5.41) is 4.21. The van der Waals surface area contributed by atoms with E-state index in [9.17, 15) is 4.79 Å². The van der Waals surface area contributed by atoms with E-state index < -0.39 is 5.54 Å². The Bertz CT molecular complexity index is 2050. The van der Waals surface area contributed by atoms with Crippen molar-refractivity contribution in [3.63, 3.8) is 0 Å². The summed E-state index contributed by atoms with van der Waals surface area (Å²) in [6, 6.07) is 22.1. The fraction of sp³-hybridized carbons (Fsp3) is 0.500. The molecule has 0 radical (unpaired) electrons. The zero-order valence-corrected chi connectivity index (χ0v) is 34.9. The van der Waals surface area contributed by atoms with E-state index in [4.69, 9.17) is 40.0 Å². The van der Waals surface area contributed by atoms with Gasteiger partial charge in [0.15, 0.2) is 11.5 Å². The average Bonchev–Trinajstić information content (AvgIpc) is 3.36. The minimum atomic E-state index is -0.860. The van der Waals surface area contributed by atoms with E-state index in [2.05, 4.69) is 29.4 Å². The molecule has 3 aliphatic carbocycles. The molecule has 2 unspecified atom stereocenters. The molecule has 10 heteroatoms. The number of methoxy groups -OCH3 is 2. The minimum Gasteiger partial charge on any atom is -0.497 e. The number of hydrogen-bond donors (Lipinski definition) is 1. The van der Waals surface area contributed by atoms with E-state index in [1.165, 1.54) is 42.3 Å². The molecule has 58 heavy (non-hydrogen) atoms. The van der Waals surface area contributed by atoms with Gasteiger partial charge in [0.05, 0.1) is 40.6 Å². The Balaban J connectivity index is 1.01. The van der Waals surface area contributed by atoms with Crippen molar-refractivity contribution in [2.24, 2.45) is 11.8 Å². The average molecular weight is 809 g/mol. The number of anilines is 1. The number of esters is 1. The largest absolute Gasteiger partial charge is 0.497 e. The van der Waals surface area contributed by atoms with E-state index in [1.807, 2.05) is 60.8 Å². The number of nitrogens with one attached hydrogen (secondary N) is 1. The summed E-state index contributed by atoms with van der Waals surface area (Å²) >= 11 is 6.38. The van der Waals surface area contributed by atoms with Gasteiger partial charge >= 0.3 is 5.97 Å². The number of fused-ring (bicyclic) bond motifs is 4. The lowest BCUT2D eigenvalue weighted by molar-refractivity contribution is -0.148. The first kappa shape index (κ1) is 40.3. The van der Waals surface area contributed by atoms with Gasteiger partial charge in [0, 0.05) is 41.0 Å². The van der Waals surface area contributed by atoms with Crippen molar-refractivity contribution in [1.29, 1.82) is 0 Å². The van der Waals surface area contributed by atoms with Crippen LogP contribution in [0.25, 0.3) is 0 Å². The Hall–Kier alpha value is -4.47. The summed E-state index contributed by atoms with van der Waals surface area (Å²) in [5.74, 6) is 3.87. The summed E-state index contributed by atoms with van der Waals surface area (Å²) in [7, 11) is 3.16. The zero-order chi connectivity index (χ0) is 40.1. The van der Waals surface area contributed by atoms with Crippen molar-refractivity contribution in [3.8, 4) is 23.0 Å². The van der Waals surface area contributed by atoms with Gasteiger partial charge in [-0.3, -0.25) is 4.98 Å². The van der Waals surface area contributed by atoms with E-state index in [-0.39, 0.29) is 17.5 Å². The molecule has 1 aromatic heterocycles. The SMILES string of the molecule is COC(=O)C1(Nc2cccc(Cl)c2)CCC2(CC1)c1cc3c(cc1CC2C[C@@H](C)COc1ccnc2c1CCCC2)OC(CCOCc1ccc(OC)cc1)CCO3. The van der Waals surface area contributed by atoms with E-state index in [0.717, 1.165) is 85.6 Å². The smallest absolute Gasteiger partial charge is 0.331 e. The number of pyridine rings is 1. The maximum absolute atomic E-state index is 13.7. The van der Waals surface area contributed by atoms with Gasteiger partial charge in [-0.1, -0.05) is 36.7 Å². The van der Waals surface area contributed by atoms with Gasteiger partial charge < -0.3 is 33.7 Å². The molecule has 2 heterocycles. The van der Waals surface area contributed by atoms with Crippen LogP contribution in [0, 0.1) is 11.8 Å². The normalized spacial score (nSPS) is 23.9. The van der Waals surface area contributed by atoms with Crippen molar-refractivity contribution < 1.29 is 33.2 Å². The third kappa shape index (κ3) is 8.62. The number of carbonyl (C=O) groups is 1. The molecule has 3 aromatic carbocycles. The summed E-state index contributed by atoms with van der Waals surface area (Å²) < 4.78 is 36.6. The maximum atomic E-state index is 13.7. The number of ether oxygens (including phenoxy) is 6. The van der Waals surface area contributed by atoms with Crippen LogP contribution in [-0.2, 0) is 45.6 Å². The fourth-order valence-corrected chi connectivity index (χ4v) is 10.2. The van der Waals surface area contributed by atoms with Crippen LogP contribution in [0.15, 0.2) is 72.9 Å². The number of benzene rings is 3. The number of carbonyl (C=O) groups excluding carboxylic acids is 1. The number of aryl methyl sites for hydroxylation is 1.